The third kappa shape index (κ3) is 3.29. The molecular weight excluding hydrogens is 246 g/mol. The van der Waals surface area contributed by atoms with Crippen molar-refractivity contribution in [3.63, 3.8) is 0 Å². The molecule has 1 aromatic rings. The Hall–Kier alpha value is -1.95. The van der Waals surface area contributed by atoms with Crippen LogP contribution in [0.2, 0.25) is 0 Å². The lowest BCUT2D eigenvalue weighted by atomic mass is 10.1. The molecule has 1 amide bonds. The molecule has 19 heavy (non-hydrogen) atoms. The predicted molar refractivity (Wildman–Crippen MR) is 70.3 cm³/mol. The molecule has 0 bridgehead atoms. The molecule has 1 aromatic carbocycles. The van der Waals surface area contributed by atoms with Crippen LogP contribution >= 0.6 is 0 Å². The maximum atomic E-state index is 12.0. The number of nitrogens with two attached hydrogens (primary N) is 1. The molecule has 6 heteroatoms. The van der Waals surface area contributed by atoms with E-state index in [1.807, 2.05) is 0 Å². The van der Waals surface area contributed by atoms with Crippen LogP contribution in [0.3, 0.4) is 0 Å². The van der Waals surface area contributed by atoms with E-state index in [1.165, 1.54) is 12.1 Å². The van der Waals surface area contributed by atoms with E-state index in [9.17, 15) is 14.9 Å². The van der Waals surface area contributed by atoms with Crippen molar-refractivity contribution in [2.75, 3.05) is 0 Å². The number of carbonyl (C=O) groups excluding carboxylic acids is 1. The summed E-state index contributed by atoms with van der Waals surface area (Å²) >= 11 is 0. The number of nitro groups is 1. The van der Waals surface area contributed by atoms with Crippen LogP contribution in [0.5, 0.6) is 0 Å². The topological polar surface area (TPSA) is 89.5 Å². The van der Waals surface area contributed by atoms with Gasteiger partial charge in [0.2, 0.25) is 5.91 Å². The molecule has 6 nitrogen and oxygen atoms in total. The van der Waals surface area contributed by atoms with Crippen molar-refractivity contribution < 1.29 is 9.72 Å². The number of nitro benzene ring substituents is 1. The first-order chi connectivity index (χ1) is 8.99. The second-order valence-corrected chi connectivity index (χ2v) is 4.91. The maximum absolute atomic E-state index is 12.0. The highest BCUT2D eigenvalue weighted by molar-refractivity contribution is 5.81. The van der Waals surface area contributed by atoms with E-state index in [0.717, 1.165) is 18.4 Å². The minimum absolute atomic E-state index is 0.0430. The molecule has 102 valence electrons. The first-order valence-corrected chi connectivity index (χ1v) is 6.28. The largest absolute Gasteiger partial charge is 0.334 e. The van der Waals surface area contributed by atoms with E-state index < -0.39 is 11.0 Å². The number of nitrogens with zero attached hydrogens (tertiary/aromatic N) is 2. The molecule has 0 radical (unpaired) electrons. The van der Waals surface area contributed by atoms with Crippen molar-refractivity contribution in [1.29, 1.82) is 0 Å². The summed E-state index contributed by atoms with van der Waals surface area (Å²) in [6.07, 6.45) is 1.96. The molecular formula is C13H17N3O3. The quantitative estimate of drug-likeness (QED) is 0.642. The average molecular weight is 263 g/mol. The number of hydrogen-bond donors (Lipinski definition) is 1. The Morgan fingerprint density at radius 1 is 1.58 bits per heavy atom. The zero-order chi connectivity index (χ0) is 14.0. The lowest BCUT2D eigenvalue weighted by molar-refractivity contribution is -0.384. The Balaban J connectivity index is 2.15. The van der Waals surface area contributed by atoms with Crippen molar-refractivity contribution in [1.82, 2.24) is 4.90 Å². The summed E-state index contributed by atoms with van der Waals surface area (Å²) in [6.45, 7) is 2.04. The van der Waals surface area contributed by atoms with Crippen LogP contribution in [0.15, 0.2) is 24.3 Å². The number of amides is 1. The second kappa shape index (κ2) is 5.36. The Kier molecular flexibility index (Phi) is 3.80. The van der Waals surface area contributed by atoms with Gasteiger partial charge in [0.1, 0.15) is 0 Å². The van der Waals surface area contributed by atoms with Crippen LogP contribution < -0.4 is 5.73 Å². The van der Waals surface area contributed by atoms with Gasteiger partial charge in [-0.1, -0.05) is 12.1 Å². The summed E-state index contributed by atoms with van der Waals surface area (Å²) < 4.78 is 0. The van der Waals surface area contributed by atoms with E-state index >= 15 is 0 Å². The summed E-state index contributed by atoms with van der Waals surface area (Å²) in [6, 6.07) is 6.06. The lowest BCUT2D eigenvalue weighted by Crippen LogP contribution is -2.42. The highest BCUT2D eigenvalue weighted by Crippen LogP contribution is 2.29. The molecule has 1 saturated carbocycles. The number of non-ortho nitro benzene ring substituents is 1. The Morgan fingerprint density at radius 2 is 2.26 bits per heavy atom. The van der Waals surface area contributed by atoms with Crippen LogP contribution in [0, 0.1) is 10.1 Å². The monoisotopic (exact) mass is 263 g/mol. The summed E-state index contributed by atoms with van der Waals surface area (Å²) in [5, 5.41) is 10.7. The fraction of sp³-hybridized carbons (Fsp3) is 0.462. The molecule has 1 aliphatic rings. The van der Waals surface area contributed by atoms with Crippen LogP contribution in [0.4, 0.5) is 5.69 Å². The number of rotatable bonds is 5. The minimum Gasteiger partial charge on any atom is -0.334 e. The smallest absolute Gasteiger partial charge is 0.269 e. The molecule has 1 aliphatic carbocycles. The van der Waals surface area contributed by atoms with E-state index in [2.05, 4.69) is 0 Å². The van der Waals surface area contributed by atoms with E-state index in [4.69, 9.17) is 5.73 Å². The first-order valence-electron chi connectivity index (χ1n) is 6.28. The fourth-order valence-electron chi connectivity index (χ4n) is 2.00. The maximum Gasteiger partial charge on any atom is 0.269 e. The van der Waals surface area contributed by atoms with Gasteiger partial charge in [-0.15, -0.1) is 0 Å². The number of benzene rings is 1. The second-order valence-electron chi connectivity index (χ2n) is 4.91. The number of hydrogen-bond acceptors (Lipinski definition) is 4. The van der Waals surface area contributed by atoms with Gasteiger partial charge < -0.3 is 10.6 Å². The lowest BCUT2D eigenvalue weighted by Gasteiger charge is -2.24. The summed E-state index contributed by atoms with van der Waals surface area (Å²) in [5.41, 5.74) is 6.44. The Morgan fingerprint density at radius 3 is 2.79 bits per heavy atom. The van der Waals surface area contributed by atoms with Crippen molar-refractivity contribution in [3.05, 3.63) is 39.9 Å². The fourth-order valence-corrected chi connectivity index (χ4v) is 2.00. The normalized spacial score (nSPS) is 15.9. The molecule has 2 rings (SSSR count). The van der Waals surface area contributed by atoms with Gasteiger partial charge in [0.05, 0.1) is 11.0 Å². The number of carbonyl (C=O) groups is 1. The third-order valence-corrected chi connectivity index (χ3v) is 3.13. The highest BCUT2D eigenvalue weighted by atomic mass is 16.6. The molecule has 1 unspecified atom stereocenters. The summed E-state index contributed by atoms with van der Waals surface area (Å²) in [7, 11) is 0. The zero-order valence-corrected chi connectivity index (χ0v) is 10.8. The minimum atomic E-state index is -0.542. The molecule has 0 heterocycles. The van der Waals surface area contributed by atoms with Gasteiger partial charge >= 0.3 is 0 Å². The molecule has 0 saturated heterocycles. The molecule has 0 aromatic heterocycles. The molecule has 0 aliphatic heterocycles. The van der Waals surface area contributed by atoms with E-state index in [-0.39, 0.29) is 17.6 Å². The van der Waals surface area contributed by atoms with Crippen LogP contribution in [-0.2, 0) is 11.3 Å². The molecule has 1 atom stereocenters. The average Bonchev–Trinajstić information content (AvgIpc) is 3.19. The molecule has 1 fully saturated rings. The van der Waals surface area contributed by atoms with Gasteiger partial charge in [-0.2, -0.15) is 0 Å². The van der Waals surface area contributed by atoms with Crippen LogP contribution in [0.1, 0.15) is 25.3 Å². The van der Waals surface area contributed by atoms with Crippen molar-refractivity contribution in [2.45, 2.75) is 38.4 Å². The third-order valence-electron chi connectivity index (χ3n) is 3.13. The van der Waals surface area contributed by atoms with E-state index in [0.29, 0.717) is 6.54 Å². The zero-order valence-electron chi connectivity index (χ0n) is 10.8. The Labute approximate surface area is 111 Å². The van der Waals surface area contributed by atoms with Gasteiger partial charge in [0, 0.05) is 24.7 Å². The Bertz CT molecular complexity index is 498. The molecule has 0 spiro atoms. The highest BCUT2D eigenvalue weighted by Gasteiger charge is 2.33. The van der Waals surface area contributed by atoms with Crippen molar-refractivity contribution in [3.8, 4) is 0 Å². The van der Waals surface area contributed by atoms with Gasteiger partial charge in [0.15, 0.2) is 0 Å². The van der Waals surface area contributed by atoms with E-state index in [1.54, 1.807) is 24.0 Å². The van der Waals surface area contributed by atoms with Crippen molar-refractivity contribution in [2.24, 2.45) is 5.73 Å². The van der Waals surface area contributed by atoms with Gasteiger partial charge in [-0.25, -0.2) is 0 Å². The van der Waals surface area contributed by atoms with Gasteiger partial charge in [-0.3, -0.25) is 14.9 Å². The van der Waals surface area contributed by atoms with Gasteiger partial charge in [-0.05, 0) is 25.3 Å². The van der Waals surface area contributed by atoms with Gasteiger partial charge in [0.25, 0.3) is 5.69 Å². The molecule has 2 N–H and O–H groups in total. The summed E-state index contributed by atoms with van der Waals surface area (Å²) in [5.74, 6) is -0.103. The van der Waals surface area contributed by atoms with Crippen LogP contribution in [-0.4, -0.2) is 27.8 Å². The predicted octanol–water partition coefficient (Wildman–Crippen LogP) is 1.43. The SMILES string of the molecule is CC(N)C(=O)N(Cc1cccc([N+](=O)[O-])c1)C1CC1. The van der Waals surface area contributed by atoms with Crippen LogP contribution in [0.25, 0.3) is 0 Å². The standard InChI is InChI=1S/C13H17N3O3/c1-9(14)13(17)15(11-5-6-11)8-10-3-2-4-12(7-10)16(18)19/h2-4,7,9,11H,5-6,8,14H2,1H3. The summed E-state index contributed by atoms with van der Waals surface area (Å²) in [4.78, 5) is 24.0. The van der Waals surface area contributed by atoms with Crippen molar-refractivity contribution >= 4 is 11.6 Å². The first kappa shape index (κ1) is 13.5.